The largest absolute Gasteiger partial charge is 0.462 e. The summed E-state index contributed by atoms with van der Waals surface area (Å²) in [6.07, 6.45) is 3.19. The predicted molar refractivity (Wildman–Crippen MR) is 71.3 cm³/mol. The Hall–Kier alpha value is -2.04. The fourth-order valence-electron chi connectivity index (χ4n) is 2.04. The van der Waals surface area contributed by atoms with Gasteiger partial charge in [-0.3, -0.25) is 9.59 Å². The Morgan fingerprint density at radius 3 is 2.32 bits per heavy atom. The number of rotatable bonds is 2. The number of hydrogen-bond acceptors (Lipinski definition) is 3. The average Bonchev–Trinajstić information content (AvgIpc) is 2.82. The molecule has 0 unspecified atom stereocenters. The molecular formula is C14H18N2O3. The molecule has 5 heteroatoms. The van der Waals surface area contributed by atoms with Crippen molar-refractivity contribution in [3.05, 3.63) is 29.7 Å². The molecule has 0 saturated carbocycles. The quantitative estimate of drug-likeness (QED) is 0.755. The summed E-state index contributed by atoms with van der Waals surface area (Å²) in [5.41, 5.74) is 0. The monoisotopic (exact) mass is 262 g/mol. The van der Waals surface area contributed by atoms with E-state index >= 15 is 0 Å². The lowest BCUT2D eigenvalue weighted by atomic mass is 10.3. The van der Waals surface area contributed by atoms with Crippen LogP contribution in [0.3, 0.4) is 0 Å². The Balaban J connectivity index is 1.88. The molecule has 1 aromatic heterocycles. The molecular weight excluding hydrogens is 244 g/mol. The van der Waals surface area contributed by atoms with Crippen molar-refractivity contribution in [2.45, 2.75) is 13.8 Å². The lowest BCUT2D eigenvalue weighted by Gasteiger charge is -2.33. The molecule has 1 aliphatic rings. The van der Waals surface area contributed by atoms with E-state index in [1.807, 2.05) is 19.1 Å². The smallest absolute Gasteiger partial charge is 0.246 e. The van der Waals surface area contributed by atoms with E-state index in [0.29, 0.717) is 31.9 Å². The van der Waals surface area contributed by atoms with E-state index in [2.05, 4.69) is 0 Å². The number of hydrogen-bond donors (Lipinski definition) is 0. The van der Waals surface area contributed by atoms with Crippen LogP contribution in [0, 0.1) is 6.92 Å². The van der Waals surface area contributed by atoms with Gasteiger partial charge in [-0.15, -0.1) is 0 Å². The highest BCUT2D eigenvalue weighted by molar-refractivity contribution is 5.91. The van der Waals surface area contributed by atoms with Gasteiger partial charge < -0.3 is 14.2 Å². The van der Waals surface area contributed by atoms with Crippen molar-refractivity contribution in [2.24, 2.45) is 0 Å². The summed E-state index contributed by atoms with van der Waals surface area (Å²) in [4.78, 5) is 26.6. The van der Waals surface area contributed by atoms with E-state index in [9.17, 15) is 9.59 Å². The lowest BCUT2D eigenvalue weighted by Crippen LogP contribution is -2.49. The van der Waals surface area contributed by atoms with Crippen molar-refractivity contribution in [1.82, 2.24) is 9.80 Å². The second-order valence-electron chi connectivity index (χ2n) is 4.61. The highest BCUT2D eigenvalue weighted by Crippen LogP contribution is 2.09. The number of amides is 2. The molecule has 2 rings (SSSR count). The van der Waals surface area contributed by atoms with E-state index in [-0.39, 0.29) is 11.8 Å². The first-order valence-electron chi connectivity index (χ1n) is 6.35. The van der Waals surface area contributed by atoms with Gasteiger partial charge in [0.05, 0.1) is 0 Å². The van der Waals surface area contributed by atoms with E-state index in [1.165, 1.54) is 6.08 Å². The third kappa shape index (κ3) is 3.47. The number of nitrogens with zero attached hydrogens (tertiary/aromatic N) is 2. The molecule has 1 fully saturated rings. The first-order chi connectivity index (χ1) is 9.06. The number of aryl methyl sites for hydroxylation is 1. The molecule has 0 aromatic carbocycles. The fraction of sp³-hybridized carbons (Fsp3) is 0.429. The first kappa shape index (κ1) is 13.4. The summed E-state index contributed by atoms with van der Waals surface area (Å²) in [5.74, 6) is 1.52. The van der Waals surface area contributed by atoms with Crippen LogP contribution in [-0.2, 0) is 9.59 Å². The van der Waals surface area contributed by atoms with Crippen LogP contribution in [0.5, 0.6) is 0 Å². The van der Waals surface area contributed by atoms with Crippen LogP contribution in [0.25, 0.3) is 6.08 Å². The summed E-state index contributed by atoms with van der Waals surface area (Å²) in [6, 6.07) is 3.68. The molecule has 5 nitrogen and oxygen atoms in total. The molecule has 102 valence electrons. The molecule has 1 aliphatic heterocycles. The number of furan rings is 1. The lowest BCUT2D eigenvalue weighted by molar-refractivity contribution is -0.135. The van der Waals surface area contributed by atoms with Gasteiger partial charge in [-0.1, -0.05) is 0 Å². The van der Waals surface area contributed by atoms with E-state index in [4.69, 9.17) is 4.42 Å². The number of carbonyl (C=O) groups excluding carboxylic acids is 2. The summed E-state index contributed by atoms with van der Waals surface area (Å²) in [7, 11) is 0. The number of carbonyl (C=O) groups is 2. The van der Waals surface area contributed by atoms with Crippen molar-refractivity contribution >= 4 is 17.9 Å². The number of piperazine rings is 1. The minimum Gasteiger partial charge on any atom is -0.462 e. The Morgan fingerprint density at radius 2 is 1.79 bits per heavy atom. The van der Waals surface area contributed by atoms with Crippen molar-refractivity contribution in [2.75, 3.05) is 26.2 Å². The Kier molecular flexibility index (Phi) is 4.04. The molecule has 19 heavy (non-hydrogen) atoms. The third-order valence-corrected chi connectivity index (χ3v) is 3.19. The minimum absolute atomic E-state index is 0.0442. The summed E-state index contributed by atoms with van der Waals surface area (Å²) in [6.45, 7) is 5.79. The van der Waals surface area contributed by atoms with Crippen LogP contribution in [0.4, 0.5) is 0 Å². The standard InChI is InChI=1S/C14H18N2O3/c1-11-3-4-13(19-11)5-6-14(18)16-9-7-15(8-10-16)12(2)17/h3-6H,7-10H2,1-2H3/b6-5+. The first-order valence-corrected chi connectivity index (χ1v) is 6.35. The molecule has 0 bridgehead atoms. The molecule has 0 N–H and O–H groups in total. The van der Waals surface area contributed by atoms with Crippen LogP contribution in [0.1, 0.15) is 18.4 Å². The van der Waals surface area contributed by atoms with Gasteiger partial charge in [0, 0.05) is 39.2 Å². The summed E-state index contributed by atoms with van der Waals surface area (Å²) >= 11 is 0. The SMILES string of the molecule is CC(=O)N1CCN(C(=O)/C=C/c2ccc(C)o2)CC1. The Bertz CT molecular complexity index is 497. The maximum atomic E-state index is 11.9. The van der Waals surface area contributed by atoms with Crippen LogP contribution in [0.2, 0.25) is 0 Å². The van der Waals surface area contributed by atoms with E-state index in [0.717, 1.165) is 5.76 Å². The normalized spacial score (nSPS) is 16.1. The zero-order chi connectivity index (χ0) is 13.8. The average molecular weight is 262 g/mol. The van der Waals surface area contributed by atoms with Gasteiger partial charge in [0.2, 0.25) is 11.8 Å². The van der Waals surface area contributed by atoms with Crippen LogP contribution in [0.15, 0.2) is 22.6 Å². The Labute approximate surface area is 112 Å². The van der Waals surface area contributed by atoms with Crippen molar-refractivity contribution < 1.29 is 14.0 Å². The van der Waals surface area contributed by atoms with Crippen LogP contribution >= 0.6 is 0 Å². The fourth-order valence-corrected chi connectivity index (χ4v) is 2.04. The van der Waals surface area contributed by atoms with Gasteiger partial charge in [-0.2, -0.15) is 0 Å². The van der Waals surface area contributed by atoms with Gasteiger partial charge in [-0.05, 0) is 25.1 Å². The molecule has 2 amide bonds. The van der Waals surface area contributed by atoms with E-state index in [1.54, 1.807) is 22.8 Å². The predicted octanol–water partition coefficient (Wildman–Crippen LogP) is 1.29. The molecule has 0 radical (unpaired) electrons. The Morgan fingerprint density at radius 1 is 1.16 bits per heavy atom. The minimum atomic E-state index is -0.0442. The maximum Gasteiger partial charge on any atom is 0.246 e. The van der Waals surface area contributed by atoms with Crippen molar-refractivity contribution in [3.63, 3.8) is 0 Å². The van der Waals surface area contributed by atoms with Gasteiger partial charge in [-0.25, -0.2) is 0 Å². The van der Waals surface area contributed by atoms with E-state index < -0.39 is 0 Å². The highest BCUT2D eigenvalue weighted by Gasteiger charge is 2.20. The molecule has 1 saturated heterocycles. The van der Waals surface area contributed by atoms with Gasteiger partial charge >= 0.3 is 0 Å². The molecule has 1 aromatic rings. The summed E-state index contributed by atoms with van der Waals surface area (Å²) in [5, 5.41) is 0. The summed E-state index contributed by atoms with van der Waals surface area (Å²) < 4.78 is 5.36. The third-order valence-electron chi connectivity index (χ3n) is 3.19. The molecule has 0 aliphatic carbocycles. The van der Waals surface area contributed by atoms with Gasteiger partial charge in [0.15, 0.2) is 0 Å². The molecule has 0 spiro atoms. The van der Waals surface area contributed by atoms with Crippen LogP contribution in [-0.4, -0.2) is 47.8 Å². The van der Waals surface area contributed by atoms with Gasteiger partial charge in [0.1, 0.15) is 11.5 Å². The second-order valence-corrected chi connectivity index (χ2v) is 4.61. The molecule has 0 atom stereocenters. The zero-order valence-corrected chi connectivity index (χ0v) is 11.3. The van der Waals surface area contributed by atoms with Crippen molar-refractivity contribution in [3.8, 4) is 0 Å². The highest BCUT2D eigenvalue weighted by atomic mass is 16.3. The second kappa shape index (κ2) is 5.73. The topological polar surface area (TPSA) is 53.8 Å². The molecule has 2 heterocycles. The zero-order valence-electron chi connectivity index (χ0n) is 11.3. The van der Waals surface area contributed by atoms with Gasteiger partial charge in [0.25, 0.3) is 0 Å². The van der Waals surface area contributed by atoms with Crippen molar-refractivity contribution in [1.29, 1.82) is 0 Å². The maximum absolute atomic E-state index is 11.9. The van der Waals surface area contributed by atoms with Crippen LogP contribution < -0.4 is 0 Å².